The van der Waals surface area contributed by atoms with Gasteiger partial charge in [0.2, 0.25) is 11.8 Å². The van der Waals surface area contributed by atoms with Gasteiger partial charge in [0, 0.05) is 30.5 Å². The smallest absolute Gasteiger partial charge is 0.218 e. The minimum Gasteiger partial charge on any atom is -0.494 e. The van der Waals surface area contributed by atoms with E-state index in [1.165, 1.54) is 0 Å². The fourth-order valence-electron chi connectivity index (χ4n) is 3.99. The largest absolute Gasteiger partial charge is 0.494 e. The first-order chi connectivity index (χ1) is 13.1. The summed E-state index contributed by atoms with van der Waals surface area (Å²) in [5.41, 5.74) is 2.85. The molecule has 27 heavy (non-hydrogen) atoms. The topological polar surface area (TPSA) is 63.4 Å². The Morgan fingerprint density at radius 1 is 1.33 bits per heavy atom. The quantitative estimate of drug-likeness (QED) is 0.738. The first-order valence-corrected chi connectivity index (χ1v) is 9.51. The van der Waals surface area contributed by atoms with Gasteiger partial charge in [0.15, 0.2) is 0 Å². The van der Waals surface area contributed by atoms with Crippen LogP contribution in [-0.4, -0.2) is 38.2 Å². The molecule has 1 N–H and O–H groups in total. The number of pyridine rings is 2. The molecule has 4 rings (SSSR count). The molecule has 1 saturated heterocycles. The van der Waals surface area contributed by atoms with Crippen LogP contribution in [0.15, 0.2) is 36.7 Å². The lowest BCUT2D eigenvalue weighted by Crippen LogP contribution is -2.23. The summed E-state index contributed by atoms with van der Waals surface area (Å²) in [5, 5.41) is 11.4. The van der Waals surface area contributed by atoms with E-state index in [1.54, 1.807) is 7.11 Å². The van der Waals surface area contributed by atoms with E-state index in [9.17, 15) is 5.11 Å². The van der Waals surface area contributed by atoms with Crippen LogP contribution in [0.2, 0.25) is 0 Å². The Kier molecular flexibility index (Phi) is 4.74. The van der Waals surface area contributed by atoms with Gasteiger partial charge in [-0.1, -0.05) is 6.07 Å². The van der Waals surface area contributed by atoms with E-state index in [0.717, 1.165) is 48.1 Å². The van der Waals surface area contributed by atoms with Gasteiger partial charge in [-0.15, -0.1) is 0 Å². The van der Waals surface area contributed by atoms with Crippen LogP contribution in [0.5, 0.6) is 11.8 Å². The monoisotopic (exact) mass is 366 g/mol. The van der Waals surface area contributed by atoms with Crippen molar-refractivity contribution >= 4 is 10.9 Å². The van der Waals surface area contributed by atoms with E-state index in [4.69, 9.17) is 4.74 Å². The molecule has 0 bridgehead atoms. The molecule has 4 heterocycles. The van der Waals surface area contributed by atoms with Crippen molar-refractivity contribution in [2.45, 2.75) is 45.3 Å². The lowest BCUT2D eigenvalue weighted by atomic mass is 10.1. The third-order valence-corrected chi connectivity index (χ3v) is 5.35. The van der Waals surface area contributed by atoms with Crippen LogP contribution in [0.1, 0.15) is 50.0 Å². The summed E-state index contributed by atoms with van der Waals surface area (Å²) < 4.78 is 7.41. The lowest BCUT2D eigenvalue weighted by Gasteiger charge is -2.24. The second-order valence-electron chi connectivity index (χ2n) is 7.43. The minimum absolute atomic E-state index is 0.167. The summed E-state index contributed by atoms with van der Waals surface area (Å²) in [4.78, 5) is 11.6. The molecule has 6 nitrogen and oxygen atoms in total. The van der Waals surface area contributed by atoms with Crippen LogP contribution in [-0.2, 0) is 6.54 Å². The first-order valence-electron chi connectivity index (χ1n) is 9.51. The Morgan fingerprint density at radius 2 is 2.19 bits per heavy atom. The van der Waals surface area contributed by atoms with E-state index in [0.29, 0.717) is 11.9 Å². The van der Waals surface area contributed by atoms with Crippen molar-refractivity contribution in [3.63, 3.8) is 0 Å². The number of fused-ring (bicyclic) bond motifs is 1. The van der Waals surface area contributed by atoms with Crippen molar-refractivity contribution in [1.82, 2.24) is 19.4 Å². The third-order valence-electron chi connectivity index (χ3n) is 5.35. The van der Waals surface area contributed by atoms with Crippen LogP contribution in [0, 0.1) is 0 Å². The number of methoxy groups -OCH3 is 1. The number of ether oxygens (including phenoxy) is 1. The SMILES string of the molecule is COc1nc2cn(C(C)C)c(O)c2cc1CN1CCCC1c1ccccn1. The van der Waals surface area contributed by atoms with E-state index in [2.05, 4.69) is 20.9 Å². The maximum atomic E-state index is 10.6. The van der Waals surface area contributed by atoms with Gasteiger partial charge < -0.3 is 14.4 Å². The zero-order valence-corrected chi connectivity index (χ0v) is 16.1. The summed E-state index contributed by atoms with van der Waals surface area (Å²) in [6.07, 6.45) is 5.99. The molecule has 6 heteroatoms. The second kappa shape index (κ2) is 7.19. The Balaban J connectivity index is 1.69. The molecule has 0 radical (unpaired) electrons. The van der Waals surface area contributed by atoms with Crippen molar-refractivity contribution in [3.8, 4) is 11.8 Å². The highest BCUT2D eigenvalue weighted by Crippen LogP contribution is 2.36. The molecule has 0 spiro atoms. The van der Waals surface area contributed by atoms with Gasteiger partial charge in [0.25, 0.3) is 0 Å². The molecule has 0 aliphatic carbocycles. The Bertz CT molecular complexity index is 936. The standard InChI is InChI=1S/C21H26N4O2/c1-14(2)25-13-18-16(21(25)26)11-15(20(23-18)27-3)12-24-10-6-8-19(24)17-7-4-5-9-22-17/h4-5,7,9,11,13-14,19,26H,6,8,10,12H2,1-3H3. The highest BCUT2D eigenvalue weighted by atomic mass is 16.5. The number of hydrogen-bond donors (Lipinski definition) is 1. The molecule has 0 saturated carbocycles. The minimum atomic E-state index is 0.167. The van der Waals surface area contributed by atoms with Gasteiger partial charge >= 0.3 is 0 Å². The van der Waals surface area contributed by atoms with Crippen LogP contribution in [0.25, 0.3) is 10.9 Å². The first kappa shape index (κ1) is 17.8. The molecule has 1 atom stereocenters. The van der Waals surface area contributed by atoms with Crippen LogP contribution in [0.4, 0.5) is 0 Å². The van der Waals surface area contributed by atoms with E-state index >= 15 is 0 Å². The molecular weight excluding hydrogens is 340 g/mol. The Morgan fingerprint density at radius 3 is 2.89 bits per heavy atom. The summed E-state index contributed by atoms with van der Waals surface area (Å²) in [7, 11) is 1.65. The molecule has 142 valence electrons. The van der Waals surface area contributed by atoms with Crippen LogP contribution in [0.3, 0.4) is 0 Å². The maximum Gasteiger partial charge on any atom is 0.218 e. The van der Waals surface area contributed by atoms with Crippen molar-refractivity contribution in [2.75, 3.05) is 13.7 Å². The molecule has 1 unspecified atom stereocenters. The summed E-state index contributed by atoms with van der Waals surface area (Å²) in [6, 6.07) is 8.58. The van der Waals surface area contributed by atoms with Crippen molar-refractivity contribution in [1.29, 1.82) is 0 Å². The zero-order valence-electron chi connectivity index (χ0n) is 16.1. The average Bonchev–Trinajstić information content (AvgIpc) is 3.26. The van der Waals surface area contributed by atoms with Gasteiger partial charge in [-0.3, -0.25) is 9.88 Å². The molecule has 0 amide bonds. The van der Waals surface area contributed by atoms with Crippen molar-refractivity contribution < 1.29 is 9.84 Å². The van der Waals surface area contributed by atoms with Crippen molar-refractivity contribution in [3.05, 3.63) is 47.9 Å². The molecule has 1 aliphatic heterocycles. The predicted molar refractivity (Wildman–Crippen MR) is 105 cm³/mol. The molecular formula is C21H26N4O2. The predicted octanol–water partition coefficient (Wildman–Crippen LogP) is 4.06. The molecule has 1 fully saturated rings. The van der Waals surface area contributed by atoms with Gasteiger partial charge in [-0.25, -0.2) is 4.98 Å². The summed E-state index contributed by atoms with van der Waals surface area (Å²) >= 11 is 0. The summed E-state index contributed by atoms with van der Waals surface area (Å²) in [6.45, 7) is 5.82. The molecule has 1 aliphatic rings. The highest BCUT2D eigenvalue weighted by Gasteiger charge is 2.28. The molecule has 3 aromatic heterocycles. The lowest BCUT2D eigenvalue weighted by molar-refractivity contribution is 0.240. The fraction of sp³-hybridized carbons (Fsp3) is 0.429. The van der Waals surface area contributed by atoms with Crippen LogP contribution < -0.4 is 4.74 Å². The number of rotatable bonds is 5. The maximum absolute atomic E-state index is 10.6. The fourth-order valence-corrected chi connectivity index (χ4v) is 3.99. The van der Waals surface area contributed by atoms with Crippen LogP contribution >= 0.6 is 0 Å². The van der Waals surface area contributed by atoms with E-state index in [-0.39, 0.29) is 11.9 Å². The molecule has 3 aromatic rings. The third kappa shape index (κ3) is 3.25. The zero-order chi connectivity index (χ0) is 19.0. The van der Waals surface area contributed by atoms with Gasteiger partial charge in [0.1, 0.15) is 0 Å². The van der Waals surface area contributed by atoms with Gasteiger partial charge in [-0.2, -0.15) is 0 Å². The van der Waals surface area contributed by atoms with E-state index in [1.807, 2.05) is 49.0 Å². The molecule has 0 aromatic carbocycles. The Labute approximate surface area is 159 Å². The highest BCUT2D eigenvalue weighted by molar-refractivity contribution is 5.86. The average molecular weight is 366 g/mol. The van der Waals surface area contributed by atoms with Crippen molar-refractivity contribution in [2.24, 2.45) is 0 Å². The second-order valence-corrected chi connectivity index (χ2v) is 7.43. The summed E-state index contributed by atoms with van der Waals surface area (Å²) in [5.74, 6) is 0.883. The number of aromatic nitrogens is 3. The van der Waals surface area contributed by atoms with Gasteiger partial charge in [-0.05, 0) is 51.4 Å². The number of likely N-dealkylation sites (tertiary alicyclic amines) is 1. The van der Waals surface area contributed by atoms with E-state index < -0.39 is 0 Å². The normalized spacial score (nSPS) is 17.9. The number of nitrogens with zero attached hydrogens (tertiary/aromatic N) is 4. The Hall–Kier alpha value is -2.60. The number of aromatic hydroxyl groups is 1. The van der Waals surface area contributed by atoms with Gasteiger partial charge in [0.05, 0.1) is 29.7 Å². The number of hydrogen-bond acceptors (Lipinski definition) is 5.